The van der Waals surface area contributed by atoms with Crippen molar-refractivity contribution in [2.45, 2.75) is 34.1 Å². The second-order valence-electron chi connectivity index (χ2n) is 7.05. The number of benzene rings is 2. The molecule has 1 aromatic heterocycles. The van der Waals surface area contributed by atoms with Crippen LogP contribution in [-0.2, 0) is 11.2 Å². The van der Waals surface area contributed by atoms with Crippen LogP contribution in [0.2, 0.25) is 0 Å². The Morgan fingerprint density at radius 2 is 1.66 bits per heavy atom. The molecule has 0 saturated heterocycles. The van der Waals surface area contributed by atoms with Gasteiger partial charge in [-0.2, -0.15) is 5.10 Å². The Hall–Kier alpha value is -3.61. The first kappa shape index (κ1) is 23.1. The van der Waals surface area contributed by atoms with E-state index in [1.807, 2.05) is 45.0 Å². The number of hydrogen-bond donors (Lipinski definition) is 0. The van der Waals surface area contributed by atoms with Crippen LogP contribution in [0.3, 0.4) is 0 Å². The maximum absolute atomic E-state index is 13.5. The molecule has 4 rings (SSSR count). The van der Waals surface area contributed by atoms with Gasteiger partial charge in [0, 0.05) is 17.8 Å². The summed E-state index contributed by atoms with van der Waals surface area (Å²) < 4.78 is 11.9. The second-order valence-corrected chi connectivity index (χ2v) is 7.05. The van der Waals surface area contributed by atoms with Gasteiger partial charge in [0.2, 0.25) is 0 Å². The number of fused-ring (bicyclic) bond motifs is 1. The normalized spacial score (nSPS) is 12.5. The van der Waals surface area contributed by atoms with Gasteiger partial charge in [-0.1, -0.05) is 31.5 Å². The standard InChI is InChI=1S/C23H23N3O4.C2H6/c1-4-30-23(28)20-19-13-14-25(16-7-5-15(2)6-8-16)22(27)21(19)26(24-20)17-9-11-18(29-3)12-10-17;1-2/h5-12H,4,13-14H2,1-3H3;1-2H3. The molecule has 1 aliphatic heterocycles. The topological polar surface area (TPSA) is 73.7 Å². The van der Waals surface area contributed by atoms with Crippen molar-refractivity contribution >= 4 is 17.6 Å². The van der Waals surface area contributed by atoms with Gasteiger partial charge in [0.25, 0.3) is 5.91 Å². The highest BCUT2D eigenvalue weighted by atomic mass is 16.5. The minimum absolute atomic E-state index is 0.194. The SMILES string of the molecule is CC.CCOC(=O)c1nn(-c2ccc(OC)cc2)c2c1CCN(c1ccc(C)cc1)C2=O. The van der Waals surface area contributed by atoms with Crippen LogP contribution in [0.15, 0.2) is 48.5 Å². The molecule has 32 heavy (non-hydrogen) atoms. The summed E-state index contributed by atoms with van der Waals surface area (Å²) in [5.74, 6) is -0.0189. The highest BCUT2D eigenvalue weighted by molar-refractivity contribution is 6.09. The molecule has 0 spiro atoms. The van der Waals surface area contributed by atoms with Gasteiger partial charge in [-0.3, -0.25) is 4.79 Å². The lowest BCUT2D eigenvalue weighted by atomic mass is 10.0. The van der Waals surface area contributed by atoms with E-state index < -0.39 is 5.97 Å². The van der Waals surface area contributed by atoms with Crippen molar-refractivity contribution in [1.82, 2.24) is 9.78 Å². The fraction of sp³-hybridized carbons (Fsp3) is 0.320. The molecule has 168 valence electrons. The Kier molecular flexibility index (Phi) is 7.30. The summed E-state index contributed by atoms with van der Waals surface area (Å²) in [4.78, 5) is 27.7. The molecule has 0 aliphatic carbocycles. The maximum atomic E-state index is 13.5. The number of amides is 1. The number of aryl methyl sites for hydroxylation is 1. The van der Waals surface area contributed by atoms with Gasteiger partial charge in [0.15, 0.2) is 5.69 Å². The number of carbonyl (C=O) groups is 2. The number of aromatic nitrogens is 2. The van der Waals surface area contributed by atoms with E-state index in [9.17, 15) is 9.59 Å². The second kappa shape index (κ2) is 10.1. The molecule has 7 heteroatoms. The number of rotatable bonds is 5. The van der Waals surface area contributed by atoms with Gasteiger partial charge >= 0.3 is 5.97 Å². The van der Waals surface area contributed by atoms with Crippen LogP contribution in [0.1, 0.15) is 52.9 Å². The maximum Gasteiger partial charge on any atom is 0.359 e. The minimum atomic E-state index is -0.516. The average Bonchev–Trinajstić information content (AvgIpc) is 3.22. The summed E-state index contributed by atoms with van der Waals surface area (Å²) in [5, 5.41) is 4.48. The van der Waals surface area contributed by atoms with Crippen molar-refractivity contribution in [2.24, 2.45) is 0 Å². The zero-order valence-corrected chi connectivity index (χ0v) is 19.2. The molecule has 0 N–H and O–H groups in total. The van der Waals surface area contributed by atoms with Crippen molar-refractivity contribution in [3.8, 4) is 11.4 Å². The lowest BCUT2D eigenvalue weighted by Crippen LogP contribution is -2.39. The molecule has 7 nitrogen and oxygen atoms in total. The van der Waals surface area contributed by atoms with Crippen molar-refractivity contribution in [3.05, 3.63) is 71.0 Å². The molecule has 0 unspecified atom stereocenters. The van der Waals surface area contributed by atoms with Crippen molar-refractivity contribution in [1.29, 1.82) is 0 Å². The van der Waals surface area contributed by atoms with Gasteiger partial charge in [0.05, 0.1) is 19.4 Å². The van der Waals surface area contributed by atoms with E-state index in [4.69, 9.17) is 9.47 Å². The summed E-state index contributed by atoms with van der Waals surface area (Å²) in [6.07, 6.45) is 0.513. The minimum Gasteiger partial charge on any atom is -0.497 e. The van der Waals surface area contributed by atoms with Crippen molar-refractivity contribution in [3.63, 3.8) is 0 Å². The van der Waals surface area contributed by atoms with Crippen molar-refractivity contribution in [2.75, 3.05) is 25.2 Å². The van der Waals surface area contributed by atoms with Gasteiger partial charge in [-0.25, -0.2) is 9.48 Å². The first-order valence-electron chi connectivity index (χ1n) is 10.9. The summed E-state index contributed by atoms with van der Waals surface area (Å²) in [6.45, 7) is 8.46. The zero-order valence-electron chi connectivity index (χ0n) is 19.2. The third-order valence-electron chi connectivity index (χ3n) is 5.15. The molecule has 0 radical (unpaired) electrons. The van der Waals surface area contributed by atoms with E-state index in [1.54, 1.807) is 43.2 Å². The number of nitrogens with zero attached hydrogens (tertiary/aromatic N) is 3. The van der Waals surface area contributed by atoms with Crippen LogP contribution < -0.4 is 9.64 Å². The highest BCUT2D eigenvalue weighted by Gasteiger charge is 2.35. The summed E-state index contributed by atoms with van der Waals surface area (Å²) >= 11 is 0. The Morgan fingerprint density at radius 3 is 2.25 bits per heavy atom. The van der Waals surface area contributed by atoms with E-state index in [1.165, 1.54) is 4.68 Å². The van der Waals surface area contributed by atoms with Gasteiger partial charge in [-0.15, -0.1) is 0 Å². The highest BCUT2D eigenvalue weighted by Crippen LogP contribution is 2.29. The van der Waals surface area contributed by atoms with E-state index in [2.05, 4.69) is 5.10 Å². The van der Waals surface area contributed by atoms with Crippen molar-refractivity contribution < 1.29 is 19.1 Å². The van der Waals surface area contributed by atoms with Crippen LogP contribution in [0.4, 0.5) is 5.69 Å². The predicted octanol–water partition coefficient (Wildman–Crippen LogP) is 4.60. The number of esters is 1. The molecule has 0 saturated carbocycles. The largest absolute Gasteiger partial charge is 0.497 e. The van der Waals surface area contributed by atoms with Gasteiger partial charge in [-0.05, 0) is 56.7 Å². The molecule has 2 heterocycles. The molecule has 1 amide bonds. The smallest absolute Gasteiger partial charge is 0.359 e. The summed E-state index contributed by atoms with van der Waals surface area (Å²) in [6, 6.07) is 15.0. The summed E-state index contributed by atoms with van der Waals surface area (Å²) in [5.41, 5.74) is 3.81. The lowest BCUT2D eigenvalue weighted by molar-refractivity contribution is 0.0517. The fourth-order valence-electron chi connectivity index (χ4n) is 3.60. The molecule has 2 aromatic carbocycles. The predicted molar refractivity (Wildman–Crippen MR) is 124 cm³/mol. The van der Waals surface area contributed by atoms with Crippen LogP contribution in [0.25, 0.3) is 5.69 Å². The molecule has 0 fully saturated rings. The van der Waals surface area contributed by atoms with Gasteiger partial charge in [0.1, 0.15) is 11.4 Å². The van der Waals surface area contributed by atoms with E-state index >= 15 is 0 Å². The molecule has 1 aliphatic rings. The Balaban J connectivity index is 0.00000141. The number of carbonyl (C=O) groups excluding carboxylic acids is 2. The molecular weight excluding hydrogens is 406 g/mol. The zero-order chi connectivity index (χ0) is 23.3. The van der Waals surface area contributed by atoms with Crippen LogP contribution in [0, 0.1) is 6.92 Å². The Labute approximate surface area is 188 Å². The summed E-state index contributed by atoms with van der Waals surface area (Å²) in [7, 11) is 1.59. The first-order chi connectivity index (χ1) is 15.5. The molecule has 0 bridgehead atoms. The number of hydrogen-bond acceptors (Lipinski definition) is 5. The molecule has 3 aromatic rings. The van der Waals surface area contributed by atoms with Crippen LogP contribution in [-0.4, -0.2) is 41.9 Å². The Morgan fingerprint density at radius 1 is 1.03 bits per heavy atom. The third-order valence-corrected chi connectivity index (χ3v) is 5.15. The molecular formula is C25H29N3O4. The van der Waals surface area contributed by atoms with Crippen LogP contribution >= 0.6 is 0 Å². The van der Waals surface area contributed by atoms with E-state index in [0.29, 0.717) is 35.7 Å². The van der Waals surface area contributed by atoms with E-state index in [0.717, 1.165) is 11.3 Å². The quantitative estimate of drug-likeness (QED) is 0.548. The fourth-order valence-corrected chi connectivity index (χ4v) is 3.60. The van der Waals surface area contributed by atoms with E-state index in [-0.39, 0.29) is 18.2 Å². The monoisotopic (exact) mass is 435 g/mol. The van der Waals surface area contributed by atoms with Crippen LogP contribution in [0.5, 0.6) is 5.75 Å². The first-order valence-corrected chi connectivity index (χ1v) is 10.9. The Bertz CT molecular complexity index is 1090. The third kappa shape index (κ3) is 4.37. The molecule has 0 atom stereocenters. The van der Waals surface area contributed by atoms with Gasteiger partial charge < -0.3 is 14.4 Å². The number of anilines is 1. The number of methoxy groups -OCH3 is 1. The average molecular weight is 436 g/mol. The lowest BCUT2D eigenvalue weighted by Gasteiger charge is -2.27. The number of ether oxygens (including phenoxy) is 2.